The maximum absolute atomic E-state index is 7.19. The van der Waals surface area contributed by atoms with Gasteiger partial charge in [0.2, 0.25) is 0 Å². The Labute approximate surface area is 79.8 Å². The number of hydrogen-bond donors (Lipinski definition) is 0. The Morgan fingerprint density at radius 3 is 2.92 bits per heavy atom. The molecular weight excluding hydrogens is 164 g/mol. The van der Waals surface area contributed by atoms with Crippen molar-refractivity contribution in [1.82, 2.24) is 4.90 Å². The minimum absolute atomic E-state index is 0.386. The van der Waals surface area contributed by atoms with Crippen LogP contribution in [-0.4, -0.2) is 37.7 Å². The first-order chi connectivity index (χ1) is 6.12. The second-order valence-electron chi connectivity index (χ2n) is 3.75. The molecule has 1 atom stereocenters. The Hall–Kier alpha value is -1.01. The highest BCUT2D eigenvalue weighted by molar-refractivity contribution is 5.26. The third-order valence-electron chi connectivity index (χ3n) is 2.54. The third kappa shape index (κ3) is 2.02. The van der Waals surface area contributed by atoms with Gasteiger partial charge in [-0.2, -0.15) is 0 Å². The molecule has 0 saturated carbocycles. The van der Waals surface area contributed by atoms with Crippen molar-refractivity contribution in [1.29, 1.82) is 0 Å². The molecule has 0 radical (unpaired) electrons. The number of nitrogens with zero attached hydrogens (tertiary/aromatic N) is 2. The number of likely N-dealkylation sites (tertiary alicyclic amines) is 1. The van der Waals surface area contributed by atoms with E-state index in [2.05, 4.69) is 9.74 Å². The molecule has 3 heteroatoms. The molecular formula is C10H16N2O. The molecule has 1 heterocycles. The first kappa shape index (κ1) is 10.1. The van der Waals surface area contributed by atoms with E-state index in [-0.39, 0.29) is 5.54 Å². The molecule has 72 valence electrons. The Bertz CT molecular complexity index is 254. The van der Waals surface area contributed by atoms with E-state index >= 15 is 0 Å². The van der Waals surface area contributed by atoms with Gasteiger partial charge in [-0.05, 0) is 13.5 Å². The van der Waals surface area contributed by atoms with Crippen LogP contribution >= 0.6 is 0 Å². The molecule has 0 spiro atoms. The van der Waals surface area contributed by atoms with Crippen LogP contribution < -0.4 is 0 Å². The number of rotatable bonds is 1. The number of methoxy groups -OCH3 is 1. The monoisotopic (exact) mass is 180 g/mol. The van der Waals surface area contributed by atoms with Crippen LogP contribution in [0.5, 0.6) is 0 Å². The van der Waals surface area contributed by atoms with Gasteiger partial charge < -0.3 is 9.58 Å². The number of piperidine rings is 1. The van der Waals surface area contributed by atoms with E-state index in [0.29, 0.717) is 0 Å². The Balaban J connectivity index is 2.86. The molecule has 3 nitrogen and oxygen atoms in total. The summed E-state index contributed by atoms with van der Waals surface area (Å²) in [5.74, 6) is 0. The predicted octanol–water partition coefficient (Wildman–Crippen LogP) is 1.53. The minimum atomic E-state index is -0.386. The van der Waals surface area contributed by atoms with E-state index in [1.54, 1.807) is 13.4 Å². The molecule has 0 amide bonds. The molecule has 1 aliphatic rings. The Kier molecular flexibility index (Phi) is 2.94. The van der Waals surface area contributed by atoms with E-state index in [1.807, 2.05) is 14.0 Å². The van der Waals surface area contributed by atoms with E-state index in [9.17, 15) is 0 Å². The van der Waals surface area contributed by atoms with Crippen LogP contribution in [0.3, 0.4) is 0 Å². The van der Waals surface area contributed by atoms with Crippen molar-refractivity contribution in [3.63, 3.8) is 0 Å². The summed E-state index contributed by atoms with van der Waals surface area (Å²) in [6.07, 6.45) is 2.66. The fraction of sp³-hybridized carbons (Fsp3) is 0.700. The Morgan fingerprint density at radius 2 is 2.38 bits per heavy atom. The van der Waals surface area contributed by atoms with Crippen molar-refractivity contribution >= 4 is 0 Å². The minimum Gasteiger partial charge on any atom is -0.504 e. The molecule has 1 aliphatic heterocycles. The molecule has 0 aliphatic carbocycles. The van der Waals surface area contributed by atoms with Crippen molar-refractivity contribution < 1.29 is 4.74 Å². The highest BCUT2D eigenvalue weighted by atomic mass is 16.5. The fourth-order valence-electron chi connectivity index (χ4n) is 1.72. The van der Waals surface area contributed by atoms with Gasteiger partial charge in [-0.25, -0.2) is 6.57 Å². The lowest BCUT2D eigenvalue weighted by atomic mass is 9.87. The normalized spacial score (nSPS) is 32.9. The summed E-state index contributed by atoms with van der Waals surface area (Å²) in [4.78, 5) is 5.88. The highest BCUT2D eigenvalue weighted by Gasteiger charge is 2.40. The van der Waals surface area contributed by atoms with Gasteiger partial charge in [-0.3, -0.25) is 4.90 Å². The van der Waals surface area contributed by atoms with E-state index in [1.165, 1.54) is 0 Å². The first-order valence-corrected chi connectivity index (χ1v) is 4.42. The van der Waals surface area contributed by atoms with Gasteiger partial charge in [-0.1, -0.05) is 0 Å². The molecule has 1 unspecified atom stereocenters. The fourth-order valence-corrected chi connectivity index (χ4v) is 1.72. The van der Waals surface area contributed by atoms with Crippen LogP contribution in [0.25, 0.3) is 4.85 Å². The number of hydrogen-bond acceptors (Lipinski definition) is 2. The molecule has 0 bridgehead atoms. The smallest absolute Gasteiger partial charge is 0.266 e. The van der Waals surface area contributed by atoms with Crippen LogP contribution in [0, 0.1) is 6.57 Å². The number of ether oxygens (including phenoxy) is 1. The van der Waals surface area contributed by atoms with Crippen molar-refractivity contribution in [3.05, 3.63) is 23.3 Å². The van der Waals surface area contributed by atoms with Crippen molar-refractivity contribution in [2.24, 2.45) is 0 Å². The van der Waals surface area contributed by atoms with E-state index in [0.717, 1.165) is 25.1 Å². The zero-order valence-electron chi connectivity index (χ0n) is 8.50. The second kappa shape index (κ2) is 3.80. The average Bonchev–Trinajstić information content (AvgIpc) is 2.10. The Morgan fingerprint density at radius 1 is 1.69 bits per heavy atom. The summed E-state index contributed by atoms with van der Waals surface area (Å²) < 4.78 is 4.99. The lowest BCUT2D eigenvalue weighted by molar-refractivity contribution is 0.249. The first-order valence-electron chi connectivity index (χ1n) is 4.42. The van der Waals surface area contributed by atoms with Gasteiger partial charge in [0.1, 0.15) is 0 Å². The third-order valence-corrected chi connectivity index (χ3v) is 2.54. The maximum atomic E-state index is 7.19. The average molecular weight is 180 g/mol. The lowest BCUT2D eigenvalue weighted by Crippen LogP contribution is -2.43. The van der Waals surface area contributed by atoms with Gasteiger partial charge in [0.05, 0.1) is 25.5 Å². The molecule has 1 fully saturated rings. The van der Waals surface area contributed by atoms with Crippen LogP contribution in [0.4, 0.5) is 0 Å². The van der Waals surface area contributed by atoms with Crippen LogP contribution in [-0.2, 0) is 4.74 Å². The summed E-state index contributed by atoms with van der Waals surface area (Å²) in [6, 6.07) is 0. The SMILES string of the molecule is [C-]#[N+]C1(C)CN(C)CCC1=COC. The largest absolute Gasteiger partial charge is 0.504 e. The molecule has 1 rings (SSSR count). The topological polar surface area (TPSA) is 16.8 Å². The van der Waals surface area contributed by atoms with Crippen LogP contribution in [0.2, 0.25) is 0 Å². The van der Waals surface area contributed by atoms with Crippen LogP contribution in [0.15, 0.2) is 11.8 Å². The van der Waals surface area contributed by atoms with Gasteiger partial charge in [0.15, 0.2) is 0 Å². The molecule has 13 heavy (non-hydrogen) atoms. The molecule has 0 N–H and O–H groups in total. The van der Waals surface area contributed by atoms with Crippen molar-refractivity contribution in [2.75, 3.05) is 27.2 Å². The predicted molar refractivity (Wildman–Crippen MR) is 52.2 cm³/mol. The quantitative estimate of drug-likeness (QED) is 0.449. The maximum Gasteiger partial charge on any atom is 0.266 e. The second-order valence-corrected chi connectivity index (χ2v) is 3.75. The number of likely N-dealkylation sites (N-methyl/N-ethyl adjacent to an activating group) is 1. The molecule has 0 aromatic rings. The summed E-state index contributed by atoms with van der Waals surface area (Å²) in [7, 11) is 3.68. The summed E-state index contributed by atoms with van der Waals surface area (Å²) >= 11 is 0. The summed E-state index contributed by atoms with van der Waals surface area (Å²) in [6.45, 7) is 11.0. The molecule has 0 aromatic heterocycles. The van der Waals surface area contributed by atoms with Gasteiger partial charge >= 0.3 is 0 Å². The standard InChI is InChI=1S/C10H16N2O/c1-10(11-2)8-12(3)6-5-9(10)7-13-4/h7H,5-6,8H2,1,3-4H3. The summed E-state index contributed by atoms with van der Waals surface area (Å²) in [5, 5.41) is 0. The van der Waals surface area contributed by atoms with Gasteiger partial charge in [-0.15, -0.1) is 0 Å². The highest BCUT2D eigenvalue weighted by Crippen LogP contribution is 2.29. The van der Waals surface area contributed by atoms with Gasteiger partial charge in [0, 0.05) is 13.5 Å². The zero-order chi connectivity index (χ0) is 9.90. The van der Waals surface area contributed by atoms with Crippen LogP contribution in [0.1, 0.15) is 13.3 Å². The molecule has 1 saturated heterocycles. The van der Waals surface area contributed by atoms with Crippen molar-refractivity contribution in [3.8, 4) is 0 Å². The van der Waals surface area contributed by atoms with Crippen molar-refractivity contribution in [2.45, 2.75) is 18.9 Å². The summed E-state index contributed by atoms with van der Waals surface area (Å²) in [5.41, 5.74) is 0.728. The lowest BCUT2D eigenvalue weighted by Gasteiger charge is -2.31. The molecule has 0 aromatic carbocycles. The van der Waals surface area contributed by atoms with Gasteiger partial charge in [0.25, 0.3) is 5.54 Å². The zero-order valence-corrected chi connectivity index (χ0v) is 8.50. The van der Waals surface area contributed by atoms with E-state index < -0.39 is 0 Å². The van der Waals surface area contributed by atoms with E-state index in [4.69, 9.17) is 11.3 Å².